The van der Waals surface area contributed by atoms with Crippen molar-refractivity contribution in [3.8, 4) is 11.5 Å². The van der Waals surface area contributed by atoms with Crippen molar-refractivity contribution in [2.45, 2.75) is 0 Å². The first-order valence-corrected chi connectivity index (χ1v) is 5.41. The lowest BCUT2D eigenvalue weighted by molar-refractivity contribution is 0.477. The number of hydrogen-bond acceptors (Lipinski definition) is 4. The standard InChI is InChI=1S/C14H14N2O2/c15-11-5-3-9(7-13(11)17)1-2-10-4-6-12(16)14(18)8-10/h1-8,17-18H,15-16H2. The highest BCUT2D eigenvalue weighted by atomic mass is 16.3. The maximum absolute atomic E-state index is 9.46. The molecule has 0 fully saturated rings. The van der Waals surface area contributed by atoms with Gasteiger partial charge in [-0.15, -0.1) is 0 Å². The van der Waals surface area contributed by atoms with E-state index in [1.54, 1.807) is 36.4 Å². The van der Waals surface area contributed by atoms with Crippen LogP contribution in [0.5, 0.6) is 11.5 Å². The minimum absolute atomic E-state index is 0.0531. The van der Waals surface area contributed by atoms with Crippen LogP contribution >= 0.6 is 0 Å². The highest BCUT2D eigenvalue weighted by Gasteiger charge is 1.98. The van der Waals surface area contributed by atoms with Gasteiger partial charge in [0.25, 0.3) is 0 Å². The Hall–Kier alpha value is -2.62. The summed E-state index contributed by atoms with van der Waals surface area (Å²) < 4.78 is 0. The Morgan fingerprint density at radius 2 is 1.11 bits per heavy atom. The fourth-order valence-corrected chi connectivity index (χ4v) is 1.52. The zero-order chi connectivity index (χ0) is 13.1. The fraction of sp³-hybridized carbons (Fsp3) is 0. The van der Waals surface area contributed by atoms with Crippen LogP contribution in [0.2, 0.25) is 0 Å². The molecule has 0 aliphatic carbocycles. The molecule has 18 heavy (non-hydrogen) atoms. The van der Waals surface area contributed by atoms with Gasteiger partial charge in [0.2, 0.25) is 0 Å². The number of phenolic OH excluding ortho intramolecular Hbond substituents is 2. The second kappa shape index (κ2) is 4.71. The van der Waals surface area contributed by atoms with E-state index in [2.05, 4.69) is 0 Å². The molecule has 0 amide bonds. The monoisotopic (exact) mass is 242 g/mol. The molecule has 2 aromatic rings. The van der Waals surface area contributed by atoms with E-state index in [0.717, 1.165) is 11.1 Å². The minimum Gasteiger partial charge on any atom is -0.506 e. The van der Waals surface area contributed by atoms with Gasteiger partial charge in [0.1, 0.15) is 11.5 Å². The predicted octanol–water partition coefficient (Wildman–Crippen LogP) is 2.43. The third-order valence-corrected chi connectivity index (χ3v) is 2.58. The maximum atomic E-state index is 9.46. The van der Waals surface area contributed by atoms with Crippen molar-refractivity contribution in [3.63, 3.8) is 0 Å². The van der Waals surface area contributed by atoms with Gasteiger partial charge < -0.3 is 21.7 Å². The molecule has 0 bridgehead atoms. The van der Waals surface area contributed by atoms with Crippen LogP contribution in [0.3, 0.4) is 0 Å². The highest BCUT2D eigenvalue weighted by Crippen LogP contribution is 2.24. The quantitative estimate of drug-likeness (QED) is 0.369. The summed E-state index contributed by atoms with van der Waals surface area (Å²) in [5.41, 5.74) is 13.3. The summed E-state index contributed by atoms with van der Waals surface area (Å²) in [4.78, 5) is 0. The maximum Gasteiger partial charge on any atom is 0.139 e. The van der Waals surface area contributed by atoms with Crippen molar-refractivity contribution < 1.29 is 10.2 Å². The van der Waals surface area contributed by atoms with Crippen LogP contribution in [0, 0.1) is 0 Å². The van der Waals surface area contributed by atoms with Crippen LogP contribution in [0.4, 0.5) is 11.4 Å². The smallest absolute Gasteiger partial charge is 0.139 e. The van der Waals surface area contributed by atoms with Crippen LogP contribution < -0.4 is 11.5 Å². The molecular weight excluding hydrogens is 228 g/mol. The summed E-state index contributed by atoms with van der Waals surface area (Å²) in [6.45, 7) is 0. The fourth-order valence-electron chi connectivity index (χ4n) is 1.52. The predicted molar refractivity (Wildman–Crippen MR) is 74.0 cm³/mol. The number of anilines is 2. The Morgan fingerprint density at radius 3 is 1.44 bits per heavy atom. The number of nitrogen functional groups attached to an aromatic ring is 2. The third kappa shape index (κ3) is 2.55. The third-order valence-electron chi connectivity index (χ3n) is 2.58. The molecule has 2 rings (SSSR count). The molecule has 0 aromatic heterocycles. The Morgan fingerprint density at radius 1 is 0.722 bits per heavy atom. The highest BCUT2D eigenvalue weighted by molar-refractivity contribution is 5.73. The van der Waals surface area contributed by atoms with Crippen molar-refractivity contribution in [1.82, 2.24) is 0 Å². The van der Waals surface area contributed by atoms with Gasteiger partial charge in [-0.05, 0) is 35.4 Å². The van der Waals surface area contributed by atoms with Crippen LogP contribution in [-0.2, 0) is 0 Å². The summed E-state index contributed by atoms with van der Waals surface area (Å²) in [5.74, 6) is 0.106. The summed E-state index contributed by atoms with van der Waals surface area (Å²) >= 11 is 0. The lowest BCUT2D eigenvalue weighted by Gasteiger charge is -2.01. The average Bonchev–Trinajstić information content (AvgIpc) is 2.35. The molecule has 0 unspecified atom stereocenters. The Bertz CT molecular complexity index is 553. The number of rotatable bonds is 2. The molecule has 0 saturated carbocycles. The number of nitrogens with two attached hydrogens (primary N) is 2. The van der Waals surface area contributed by atoms with Crippen molar-refractivity contribution in [1.29, 1.82) is 0 Å². The second-order valence-electron chi connectivity index (χ2n) is 3.97. The first kappa shape index (κ1) is 11.9. The van der Waals surface area contributed by atoms with E-state index in [0.29, 0.717) is 11.4 Å². The van der Waals surface area contributed by atoms with E-state index in [9.17, 15) is 10.2 Å². The van der Waals surface area contributed by atoms with Gasteiger partial charge >= 0.3 is 0 Å². The van der Waals surface area contributed by atoms with Gasteiger partial charge in [0.05, 0.1) is 11.4 Å². The summed E-state index contributed by atoms with van der Waals surface area (Å²) in [7, 11) is 0. The van der Waals surface area contributed by atoms with Gasteiger partial charge in [-0.25, -0.2) is 0 Å². The summed E-state index contributed by atoms with van der Waals surface area (Å²) in [6, 6.07) is 10.0. The molecule has 0 aliphatic heterocycles. The number of aromatic hydroxyl groups is 2. The van der Waals surface area contributed by atoms with Crippen LogP contribution in [0.1, 0.15) is 11.1 Å². The van der Waals surface area contributed by atoms with Crippen molar-refractivity contribution >= 4 is 23.5 Å². The number of hydrogen-bond donors (Lipinski definition) is 4. The molecule has 92 valence electrons. The van der Waals surface area contributed by atoms with Crippen LogP contribution in [-0.4, -0.2) is 10.2 Å². The molecule has 0 heterocycles. The molecule has 4 nitrogen and oxygen atoms in total. The first-order valence-electron chi connectivity index (χ1n) is 5.41. The van der Waals surface area contributed by atoms with E-state index in [1.807, 2.05) is 12.2 Å². The first-order chi connectivity index (χ1) is 8.56. The number of benzene rings is 2. The van der Waals surface area contributed by atoms with Crippen LogP contribution in [0.15, 0.2) is 36.4 Å². The van der Waals surface area contributed by atoms with Crippen molar-refractivity contribution in [3.05, 3.63) is 47.5 Å². The zero-order valence-corrected chi connectivity index (χ0v) is 9.67. The molecule has 0 spiro atoms. The molecule has 0 atom stereocenters. The summed E-state index contributed by atoms with van der Waals surface area (Å²) in [5, 5.41) is 18.9. The lowest BCUT2D eigenvalue weighted by atomic mass is 10.1. The van der Waals surface area contributed by atoms with Crippen LogP contribution in [0.25, 0.3) is 12.2 Å². The van der Waals surface area contributed by atoms with E-state index in [4.69, 9.17) is 11.5 Å². The topological polar surface area (TPSA) is 92.5 Å². The zero-order valence-electron chi connectivity index (χ0n) is 9.67. The van der Waals surface area contributed by atoms with Gasteiger partial charge in [-0.3, -0.25) is 0 Å². The van der Waals surface area contributed by atoms with E-state index in [-0.39, 0.29) is 11.5 Å². The lowest BCUT2D eigenvalue weighted by Crippen LogP contribution is -1.86. The molecule has 0 aliphatic rings. The molecule has 2 aromatic carbocycles. The van der Waals surface area contributed by atoms with E-state index in [1.165, 1.54) is 0 Å². The molecular formula is C14H14N2O2. The van der Waals surface area contributed by atoms with Crippen molar-refractivity contribution in [2.75, 3.05) is 11.5 Å². The molecule has 0 saturated heterocycles. The Kier molecular flexibility index (Phi) is 3.10. The minimum atomic E-state index is 0.0531. The van der Waals surface area contributed by atoms with E-state index < -0.39 is 0 Å². The Labute approximate surface area is 105 Å². The number of phenols is 2. The molecule has 0 radical (unpaired) electrons. The van der Waals surface area contributed by atoms with Gasteiger partial charge in [0.15, 0.2) is 0 Å². The summed E-state index contributed by atoms with van der Waals surface area (Å²) in [6.07, 6.45) is 3.62. The molecule has 6 N–H and O–H groups in total. The largest absolute Gasteiger partial charge is 0.506 e. The van der Waals surface area contributed by atoms with Gasteiger partial charge in [-0.2, -0.15) is 0 Å². The van der Waals surface area contributed by atoms with Crippen molar-refractivity contribution in [2.24, 2.45) is 0 Å². The van der Waals surface area contributed by atoms with Gasteiger partial charge in [-0.1, -0.05) is 24.3 Å². The van der Waals surface area contributed by atoms with E-state index >= 15 is 0 Å². The Balaban J connectivity index is 2.24. The normalized spacial score (nSPS) is 10.9. The average molecular weight is 242 g/mol. The second-order valence-corrected chi connectivity index (χ2v) is 3.97. The SMILES string of the molecule is Nc1ccc(C=Cc2ccc(N)c(O)c2)cc1O. The van der Waals surface area contributed by atoms with Gasteiger partial charge in [0, 0.05) is 0 Å². The molecule has 4 heteroatoms.